The van der Waals surface area contributed by atoms with Crippen molar-refractivity contribution in [3.8, 4) is 0 Å². The van der Waals surface area contributed by atoms with E-state index >= 15 is 0 Å². The van der Waals surface area contributed by atoms with Gasteiger partial charge >= 0.3 is 0 Å². The highest BCUT2D eigenvalue weighted by Gasteiger charge is 2.18. The topological polar surface area (TPSA) is 58.1 Å². The molecule has 1 saturated heterocycles. The Bertz CT molecular complexity index is 442. The second-order valence-corrected chi connectivity index (χ2v) is 6.49. The molecule has 0 unspecified atom stereocenters. The number of nitrogens with one attached hydrogen (secondary N) is 1. The molecule has 1 fully saturated rings. The minimum Gasteiger partial charge on any atom is -0.339 e. The largest absolute Gasteiger partial charge is 0.339 e. The summed E-state index contributed by atoms with van der Waals surface area (Å²) in [4.78, 5) is 11.1. The Morgan fingerprint density at radius 2 is 2.16 bits per heavy atom. The predicted octanol–water partition coefficient (Wildman–Crippen LogP) is 0.853. The molecule has 19 heavy (non-hydrogen) atoms. The van der Waals surface area contributed by atoms with Crippen molar-refractivity contribution in [2.24, 2.45) is 0 Å². The van der Waals surface area contributed by atoms with Crippen LogP contribution in [0.4, 0.5) is 5.95 Å². The second kappa shape index (κ2) is 6.96. The summed E-state index contributed by atoms with van der Waals surface area (Å²) in [5.74, 6) is 2.22. The summed E-state index contributed by atoms with van der Waals surface area (Å²) in [5, 5.41) is 3.36. The maximum Gasteiger partial charge on any atom is 0.225 e. The van der Waals surface area contributed by atoms with Crippen molar-refractivity contribution in [2.75, 3.05) is 36.0 Å². The van der Waals surface area contributed by atoms with Crippen LogP contribution in [0.2, 0.25) is 0 Å². The van der Waals surface area contributed by atoms with Gasteiger partial charge in [-0.2, -0.15) is 0 Å². The molecule has 0 spiro atoms. The SMILES string of the molecule is CCCNCc1cnc(N2CCS(=O)CC2)nc1C. The molecule has 0 saturated carbocycles. The van der Waals surface area contributed by atoms with Crippen LogP contribution < -0.4 is 10.2 Å². The second-order valence-electron chi connectivity index (χ2n) is 4.79. The summed E-state index contributed by atoms with van der Waals surface area (Å²) < 4.78 is 11.3. The third kappa shape index (κ3) is 3.98. The molecule has 106 valence electrons. The zero-order valence-electron chi connectivity index (χ0n) is 11.7. The van der Waals surface area contributed by atoms with Gasteiger partial charge in [-0.1, -0.05) is 6.92 Å². The lowest BCUT2D eigenvalue weighted by Crippen LogP contribution is -2.38. The van der Waals surface area contributed by atoms with Crippen LogP contribution in [-0.4, -0.2) is 45.3 Å². The maximum absolute atomic E-state index is 11.3. The van der Waals surface area contributed by atoms with E-state index in [9.17, 15) is 4.21 Å². The predicted molar refractivity (Wildman–Crippen MR) is 78.9 cm³/mol. The van der Waals surface area contributed by atoms with E-state index in [2.05, 4.69) is 27.1 Å². The minimum absolute atomic E-state index is 0.657. The van der Waals surface area contributed by atoms with Crippen LogP contribution >= 0.6 is 0 Å². The van der Waals surface area contributed by atoms with Gasteiger partial charge in [-0.05, 0) is 19.9 Å². The molecule has 0 atom stereocenters. The van der Waals surface area contributed by atoms with Crippen molar-refractivity contribution in [1.82, 2.24) is 15.3 Å². The highest BCUT2D eigenvalue weighted by molar-refractivity contribution is 7.85. The zero-order chi connectivity index (χ0) is 13.7. The summed E-state index contributed by atoms with van der Waals surface area (Å²) in [6, 6.07) is 0. The third-order valence-electron chi connectivity index (χ3n) is 3.27. The van der Waals surface area contributed by atoms with Crippen molar-refractivity contribution < 1.29 is 4.21 Å². The van der Waals surface area contributed by atoms with Crippen molar-refractivity contribution in [3.63, 3.8) is 0 Å². The Morgan fingerprint density at radius 1 is 1.42 bits per heavy atom. The van der Waals surface area contributed by atoms with Gasteiger partial charge in [0, 0.05) is 59.4 Å². The van der Waals surface area contributed by atoms with Crippen LogP contribution in [0.1, 0.15) is 24.6 Å². The summed E-state index contributed by atoms with van der Waals surface area (Å²) in [6.45, 7) is 7.60. The monoisotopic (exact) mass is 282 g/mol. The molecule has 1 aliphatic heterocycles. The van der Waals surface area contributed by atoms with Gasteiger partial charge in [-0.3, -0.25) is 4.21 Å². The normalized spacial score (nSPS) is 16.8. The standard InChI is InChI=1S/C13H22N4OS/c1-3-4-14-9-12-10-15-13(16-11(12)2)17-5-7-19(18)8-6-17/h10,14H,3-9H2,1-2H3. The third-order valence-corrected chi connectivity index (χ3v) is 4.55. The Morgan fingerprint density at radius 3 is 2.79 bits per heavy atom. The molecule has 1 aromatic rings. The fourth-order valence-electron chi connectivity index (χ4n) is 2.04. The van der Waals surface area contributed by atoms with Crippen LogP contribution in [0.3, 0.4) is 0 Å². The first-order valence-electron chi connectivity index (χ1n) is 6.84. The zero-order valence-corrected chi connectivity index (χ0v) is 12.5. The first-order valence-corrected chi connectivity index (χ1v) is 8.32. The van der Waals surface area contributed by atoms with E-state index in [4.69, 9.17) is 0 Å². The summed E-state index contributed by atoms with van der Waals surface area (Å²) >= 11 is 0. The number of rotatable bonds is 5. The highest BCUT2D eigenvalue weighted by Crippen LogP contribution is 2.13. The summed E-state index contributed by atoms with van der Waals surface area (Å²) in [5.41, 5.74) is 2.18. The van der Waals surface area contributed by atoms with Gasteiger partial charge in [0.25, 0.3) is 0 Å². The van der Waals surface area contributed by atoms with Gasteiger partial charge < -0.3 is 10.2 Å². The van der Waals surface area contributed by atoms with Crippen molar-refractivity contribution in [1.29, 1.82) is 0 Å². The van der Waals surface area contributed by atoms with Gasteiger partial charge in [-0.15, -0.1) is 0 Å². The maximum atomic E-state index is 11.3. The molecule has 1 N–H and O–H groups in total. The molecular formula is C13H22N4OS. The number of nitrogens with zero attached hydrogens (tertiary/aromatic N) is 3. The molecule has 2 rings (SSSR count). The molecule has 1 aliphatic rings. The van der Waals surface area contributed by atoms with E-state index in [0.717, 1.165) is 61.3 Å². The van der Waals surface area contributed by atoms with Gasteiger partial charge in [0.1, 0.15) is 0 Å². The lowest BCUT2D eigenvalue weighted by molar-refractivity contribution is 0.663. The average Bonchev–Trinajstić information content (AvgIpc) is 2.42. The first kappa shape index (κ1) is 14.4. The molecular weight excluding hydrogens is 260 g/mol. The Kier molecular flexibility index (Phi) is 5.27. The van der Waals surface area contributed by atoms with E-state index in [1.807, 2.05) is 13.1 Å². The highest BCUT2D eigenvalue weighted by atomic mass is 32.2. The number of aromatic nitrogens is 2. The van der Waals surface area contributed by atoms with Crippen molar-refractivity contribution in [2.45, 2.75) is 26.8 Å². The van der Waals surface area contributed by atoms with Crippen LogP contribution in [0.25, 0.3) is 0 Å². The quantitative estimate of drug-likeness (QED) is 0.812. The Labute approximate surface area is 117 Å². The van der Waals surface area contributed by atoms with Gasteiger partial charge in [0.15, 0.2) is 0 Å². The average molecular weight is 282 g/mol. The van der Waals surface area contributed by atoms with Crippen molar-refractivity contribution >= 4 is 16.7 Å². The van der Waals surface area contributed by atoms with E-state index in [1.54, 1.807) is 0 Å². The molecule has 0 amide bonds. The van der Waals surface area contributed by atoms with Crippen LogP contribution in [-0.2, 0) is 17.3 Å². The summed E-state index contributed by atoms with van der Waals surface area (Å²) in [7, 11) is -0.657. The van der Waals surface area contributed by atoms with E-state index < -0.39 is 10.8 Å². The molecule has 5 nitrogen and oxygen atoms in total. The molecule has 0 aromatic carbocycles. The molecule has 6 heteroatoms. The lowest BCUT2D eigenvalue weighted by atomic mass is 10.2. The van der Waals surface area contributed by atoms with Gasteiger partial charge in [0.05, 0.1) is 0 Å². The number of aryl methyl sites for hydroxylation is 1. The smallest absolute Gasteiger partial charge is 0.225 e. The first-order chi connectivity index (χ1) is 9.20. The molecule has 0 aliphatic carbocycles. The molecule has 0 bridgehead atoms. The summed E-state index contributed by atoms with van der Waals surface area (Å²) in [6.07, 6.45) is 3.04. The fourth-order valence-corrected chi connectivity index (χ4v) is 3.10. The van der Waals surface area contributed by atoms with E-state index in [-0.39, 0.29) is 0 Å². The lowest BCUT2D eigenvalue weighted by Gasteiger charge is -2.26. The van der Waals surface area contributed by atoms with Crippen LogP contribution in [0, 0.1) is 6.92 Å². The van der Waals surface area contributed by atoms with Gasteiger partial charge in [0.2, 0.25) is 5.95 Å². The Balaban J connectivity index is 1.99. The van der Waals surface area contributed by atoms with E-state index in [1.165, 1.54) is 0 Å². The number of anilines is 1. The minimum atomic E-state index is -0.657. The number of hydrogen-bond acceptors (Lipinski definition) is 5. The van der Waals surface area contributed by atoms with Crippen molar-refractivity contribution in [3.05, 3.63) is 17.5 Å². The fraction of sp³-hybridized carbons (Fsp3) is 0.692. The number of hydrogen-bond donors (Lipinski definition) is 1. The molecule has 0 radical (unpaired) electrons. The van der Waals surface area contributed by atoms with Gasteiger partial charge in [-0.25, -0.2) is 9.97 Å². The Hall–Kier alpha value is -1.01. The van der Waals surface area contributed by atoms with Crippen LogP contribution in [0.5, 0.6) is 0 Å². The molecule has 2 heterocycles. The van der Waals surface area contributed by atoms with E-state index in [0.29, 0.717) is 0 Å². The van der Waals surface area contributed by atoms with Crippen LogP contribution in [0.15, 0.2) is 6.20 Å². The molecule has 1 aromatic heterocycles.